The van der Waals surface area contributed by atoms with Crippen molar-refractivity contribution in [3.63, 3.8) is 0 Å². The Labute approximate surface area is 136 Å². The zero-order valence-corrected chi connectivity index (χ0v) is 13.7. The van der Waals surface area contributed by atoms with Crippen molar-refractivity contribution < 1.29 is 14.6 Å². The molecule has 0 spiro atoms. The van der Waals surface area contributed by atoms with Crippen LogP contribution >= 0.6 is 11.6 Å². The van der Waals surface area contributed by atoms with Gasteiger partial charge >= 0.3 is 6.09 Å². The highest BCUT2D eigenvalue weighted by molar-refractivity contribution is 6.30. The highest BCUT2D eigenvalue weighted by atomic mass is 35.5. The normalized spacial score (nSPS) is 21.2. The number of rotatable bonds is 0. The maximum absolute atomic E-state index is 12.0. The molecule has 0 unspecified atom stereocenters. The van der Waals surface area contributed by atoms with E-state index in [1.54, 1.807) is 12.1 Å². The van der Waals surface area contributed by atoms with Gasteiger partial charge in [0, 0.05) is 17.1 Å². The molecule has 1 aromatic carbocycles. The molecule has 0 saturated carbocycles. The molecule has 2 atom stereocenters. The van der Waals surface area contributed by atoms with Gasteiger partial charge in [-0.25, -0.2) is 4.79 Å². The van der Waals surface area contributed by atoms with Crippen LogP contribution in [0.2, 0.25) is 5.02 Å². The highest BCUT2D eigenvalue weighted by Gasteiger charge is 2.35. The first-order chi connectivity index (χ1) is 10.2. The second kappa shape index (κ2) is 6.60. The van der Waals surface area contributed by atoms with Gasteiger partial charge < -0.3 is 14.7 Å². The largest absolute Gasteiger partial charge is 0.444 e. The fourth-order valence-electron chi connectivity index (χ4n) is 2.11. The lowest BCUT2D eigenvalue weighted by Crippen LogP contribution is -2.35. The van der Waals surface area contributed by atoms with Crippen molar-refractivity contribution in [1.29, 1.82) is 0 Å². The SMILES string of the molecule is CC(C)(C)OC(=O)N1C[C@@H](O)[C@H](C#Cc2ccc(Cl)cc2)C1. The van der Waals surface area contributed by atoms with E-state index in [2.05, 4.69) is 11.8 Å². The van der Waals surface area contributed by atoms with E-state index < -0.39 is 17.8 Å². The summed E-state index contributed by atoms with van der Waals surface area (Å²) in [4.78, 5) is 13.5. The van der Waals surface area contributed by atoms with Crippen molar-refractivity contribution in [1.82, 2.24) is 4.90 Å². The summed E-state index contributed by atoms with van der Waals surface area (Å²) in [6.07, 6.45) is -1.07. The van der Waals surface area contributed by atoms with E-state index in [-0.39, 0.29) is 12.5 Å². The number of hydrogen-bond acceptors (Lipinski definition) is 3. The number of aliphatic hydroxyl groups is 1. The average Bonchev–Trinajstić information content (AvgIpc) is 2.78. The first kappa shape index (κ1) is 16.7. The number of β-amino-alcohol motifs (C(OH)–C–C–N with tert-alkyl or cyclic N) is 1. The Morgan fingerprint density at radius 2 is 1.95 bits per heavy atom. The molecule has 1 aliphatic rings. The van der Waals surface area contributed by atoms with Crippen LogP contribution in [0.4, 0.5) is 4.79 Å². The number of likely N-dealkylation sites (tertiary alicyclic amines) is 1. The molecule has 118 valence electrons. The molecular formula is C17H20ClNO3. The first-order valence-electron chi connectivity index (χ1n) is 7.18. The quantitative estimate of drug-likeness (QED) is 0.747. The molecule has 1 aliphatic heterocycles. The molecule has 4 nitrogen and oxygen atoms in total. The number of hydrogen-bond donors (Lipinski definition) is 1. The Hall–Kier alpha value is -1.70. The summed E-state index contributed by atoms with van der Waals surface area (Å²) in [5, 5.41) is 10.7. The van der Waals surface area contributed by atoms with E-state index in [4.69, 9.17) is 16.3 Å². The van der Waals surface area contributed by atoms with Gasteiger partial charge in [0.1, 0.15) is 5.60 Å². The van der Waals surface area contributed by atoms with Gasteiger partial charge in [-0.05, 0) is 45.0 Å². The number of benzene rings is 1. The number of ether oxygens (including phenoxy) is 1. The van der Waals surface area contributed by atoms with Crippen LogP contribution in [0.15, 0.2) is 24.3 Å². The molecule has 0 aromatic heterocycles. The van der Waals surface area contributed by atoms with Crippen molar-refractivity contribution in [3.05, 3.63) is 34.9 Å². The monoisotopic (exact) mass is 321 g/mol. The third-order valence-corrected chi connectivity index (χ3v) is 3.44. The predicted molar refractivity (Wildman–Crippen MR) is 85.6 cm³/mol. The molecule has 0 radical (unpaired) electrons. The Bertz CT molecular complexity index is 595. The molecule has 1 fully saturated rings. The van der Waals surface area contributed by atoms with Gasteiger partial charge in [0.2, 0.25) is 0 Å². The van der Waals surface area contributed by atoms with Crippen LogP contribution in [-0.4, -0.2) is 40.9 Å². The minimum Gasteiger partial charge on any atom is -0.444 e. The van der Waals surface area contributed by atoms with Crippen LogP contribution in [-0.2, 0) is 4.74 Å². The summed E-state index contributed by atoms with van der Waals surface area (Å²) in [5.74, 6) is 5.75. The summed E-state index contributed by atoms with van der Waals surface area (Å²) in [7, 11) is 0. The number of aliphatic hydroxyl groups excluding tert-OH is 1. The van der Waals surface area contributed by atoms with Crippen molar-refractivity contribution in [3.8, 4) is 11.8 Å². The molecule has 1 amide bonds. The van der Waals surface area contributed by atoms with Crippen molar-refractivity contribution >= 4 is 17.7 Å². The number of amides is 1. The second-order valence-electron chi connectivity index (χ2n) is 6.34. The first-order valence-corrected chi connectivity index (χ1v) is 7.55. The molecule has 1 saturated heterocycles. The van der Waals surface area contributed by atoms with Gasteiger partial charge in [0.15, 0.2) is 0 Å². The molecule has 22 heavy (non-hydrogen) atoms. The molecule has 2 rings (SSSR count). The summed E-state index contributed by atoms with van der Waals surface area (Å²) in [6, 6.07) is 7.18. The van der Waals surface area contributed by atoms with Gasteiger partial charge in [-0.1, -0.05) is 23.4 Å². The smallest absolute Gasteiger partial charge is 0.410 e. The van der Waals surface area contributed by atoms with Gasteiger partial charge in [0.05, 0.1) is 18.6 Å². The van der Waals surface area contributed by atoms with E-state index in [9.17, 15) is 9.90 Å². The van der Waals surface area contributed by atoms with Crippen molar-refractivity contribution in [2.45, 2.75) is 32.5 Å². The van der Waals surface area contributed by atoms with E-state index in [1.807, 2.05) is 32.9 Å². The number of carbonyl (C=O) groups excluding carboxylic acids is 1. The Morgan fingerprint density at radius 1 is 1.32 bits per heavy atom. The summed E-state index contributed by atoms with van der Waals surface area (Å²) < 4.78 is 5.31. The third-order valence-electron chi connectivity index (χ3n) is 3.19. The molecule has 1 heterocycles. The van der Waals surface area contributed by atoms with Gasteiger partial charge in [0.25, 0.3) is 0 Å². The van der Waals surface area contributed by atoms with Crippen molar-refractivity contribution in [2.24, 2.45) is 5.92 Å². The van der Waals surface area contributed by atoms with E-state index in [1.165, 1.54) is 4.90 Å². The fourth-order valence-corrected chi connectivity index (χ4v) is 2.24. The maximum atomic E-state index is 12.0. The Balaban J connectivity index is 2.00. The molecule has 0 bridgehead atoms. The maximum Gasteiger partial charge on any atom is 0.410 e. The topological polar surface area (TPSA) is 49.8 Å². The number of carbonyl (C=O) groups is 1. The molecule has 0 aliphatic carbocycles. The lowest BCUT2D eigenvalue weighted by molar-refractivity contribution is 0.0270. The van der Waals surface area contributed by atoms with Crippen LogP contribution in [0.1, 0.15) is 26.3 Å². The zero-order valence-electron chi connectivity index (χ0n) is 13.0. The van der Waals surface area contributed by atoms with Crippen LogP contribution in [0.3, 0.4) is 0 Å². The number of nitrogens with zero attached hydrogens (tertiary/aromatic N) is 1. The van der Waals surface area contributed by atoms with Gasteiger partial charge in [-0.15, -0.1) is 0 Å². The molecule has 1 N–H and O–H groups in total. The standard InChI is InChI=1S/C17H20ClNO3/c1-17(2,3)22-16(21)19-10-13(15(20)11-19)7-4-12-5-8-14(18)9-6-12/h5-6,8-9,13,15,20H,10-11H2,1-3H3/t13-,15-/m1/s1. The third kappa shape index (κ3) is 4.66. The molecular weight excluding hydrogens is 302 g/mol. The Kier molecular flexibility index (Phi) is 5.00. The summed E-state index contributed by atoms with van der Waals surface area (Å²) in [5.41, 5.74) is 0.280. The van der Waals surface area contributed by atoms with Crippen LogP contribution in [0.25, 0.3) is 0 Å². The zero-order chi connectivity index (χ0) is 16.3. The van der Waals surface area contributed by atoms with Crippen molar-refractivity contribution in [2.75, 3.05) is 13.1 Å². The minimum atomic E-state index is -0.660. The average molecular weight is 322 g/mol. The van der Waals surface area contributed by atoms with E-state index >= 15 is 0 Å². The highest BCUT2D eigenvalue weighted by Crippen LogP contribution is 2.20. The minimum absolute atomic E-state index is 0.245. The Morgan fingerprint density at radius 3 is 2.55 bits per heavy atom. The summed E-state index contributed by atoms with van der Waals surface area (Å²) in [6.45, 7) is 6.06. The second-order valence-corrected chi connectivity index (χ2v) is 6.77. The number of halogens is 1. The van der Waals surface area contributed by atoms with Gasteiger partial charge in [-0.2, -0.15) is 0 Å². The van der Waals surface area contributed by atoms with Crippen LogP contribution < -0.4 is 0 Å². The van der Waals surface area contributed by atoms with Gasteiger partial charge in [-0.3, -0.25) is 0 Å². The molecule has 1 aromatic rings. The van der Waals surface area contributed by atoms with Crippen LogP contribution in [0.5, 0.6) is 0 Å². The lowest BCUT2D eigenvalue weighted by atomic mass is 10.1. The predicted octanol–water partition coefficient (Wildman–Crippen LogP) is 2.92. The fraction of sp³-hybridized carbons (Fsp3) is 0.471. The lowest BCUT2D eigenvalue weighted by Gasteiger charge is -2.24. The van der Waals surface area contributed by atoms with Crippen LogP contribution in [0, 0.1) is 17.8 Å². The molecule has 5 heteroatoms. The van der Waals surface area contributed by atoms with E-state index in [0.29, 0.717) is 11.6 Å². The summed E-state index contributed by atoms with van der Waals surface area (Å²) >= 11 is 5.82. The van der Waals surface area contributed by atoms with E-state index in [0.717, 1.165) is 5.56 Å².